The van der Waals surface area contributed by atoms with Crippen LogP contribution in [-0.4, -0.2) is 4.98 Å². The van der Waals surface area contributed by atoms with Gasteiger partial charge in [0.05, 0.1) is 23.4 Å². The third-order valence-corrected chi connectivity index (χ3v) is 7.36. The minimum absolute atomic E-state index is 0.221. The Morgan fingerprint density at radius 3 is 2.58 bits per heavy atom. The molecule has 3 nitrogen and oxygen atoms in total. The molecule has 0 aliphatic heterocycles. The number of benzene rings is 3. The largest absolute Gasteiger partial charge is 0.455 e. The van der Waals surface area contributed by atoms with Crippen LogP contribution in [0.1, 0.15) is 48.3 Å². The Bertz CT molecular complexity index is 1580. The summed E-state index contributed by atoms with van der Waals surface area (Å²) >= 11 is 0. The van der Waals surface area contributed by atoms with Gasteiger partial charge >= 0.3 is 0 Å². The Kier molecular flexibility index (Phi) is 4.51. The van der Waals surface area contributed by atoms with Crippen LogP contribution in [0.4, 0.5) is 8.78 Å². The molecule has 6 rings (SSSR count). The number of fused-ring (bicyclic) bond motifs is 4. The molecular weight excluding hydrogens is 418 g/mol. The van der Waals surface area contributed by atoms with Crippen LogP contribution in [0.15, 0.2) is 47.1 Å². The maximum Gasteiger partial charge on any atom is 0.287 e. The first-order valence-electron chi connectivity index (χ1n) is 11.5. The molecule has 0 unspecified atom stereocenters. The summed E-state index contributed by atoms with van der Waals surface area (Å²) in [6.45, 7) is 4.06. The first kappa shape index (κ1) is 20.3. The number of aryl methyl sites for hydroxylation is 2. The van der Waals surface area contributed by atoms with Gasteiger partial charge in [0.25, 0.3) is 6.33 Å². The molecule has 0 radical (unpaired) electrons. The number of hydrogen-bond donors (Lipinski definition) is 0. The summed E-state index contributed by atoms with van der Waals surface area (Å²) < 4.78 is 36.8. The fourth-order valence-electron chi connectivity index (χ4n) is 5.55. The minimum atomic E-state index is -0.645. The lowest BCUT2D eigenvalue weighted by Gasteiger charge is -2.13. The van der Waals surface area contributed by atoms with Gasteiger partial charge in [-0.25, -0.2) is 13.3 Å². The number of furan rings is 1. The van der Waals surface area contributed by atoms with Crippen LogP contribution in [-0.2, 0) is 7.05 Å². The Morgan fingerprint density at radius 2 is 1.79 bits per heavy atom. The second-order valence-electron chi connectivity index (χ2n) is 9.40. The molecule has 3 aromatic carbocycles. The molecule has 5 heteroatoms. The van der Waals surface area contributed by atoms with Gasteiger partial charge in [-0.1, -0.05) is 18.9 Å². The zero-order chi connectivity index (χ0) is 22.9. The van der Waals surface area contributed by atoms with Gasteiger partial charge in [-0.3, -0.25) is 0 Å². The van der Waals surface area contributed by atoms with Crippen molar-refractivity contribution < 1.29 is 17.8 Å². The van der Waals surface area contributed by atoms with Crippen LogP contribution in [0, 0.1) is 25.5 Å². The van der Waals surface area contributed by atoms with Crippen LogP contribution in [0.25, 0.3) is 44.1 Å². The molecule has 0 atom stereocenters. The van der Waals surface area contributed by atoms with Gasteiger partial charge in [0.1, 0.15) is 28.5 Å². The maximum absolute atomic E-state index is 14.8. The molecule has 1 fully saturated rings. The molecule has 2 heterocycles. The summed E-state index contributed by atoms with van der Waals surface area (Å²) in [6.07, 6.45) is 6.87. The van der Waals surface area contributed by atoms with Gasteiger partial charge in [-0.15, -0.1) is 0 Å². The van der Waals surface area contributed by atoms with Crippen molar-refractivity contribution in [2.75, 3.05) is 0 Å². The highest BCUT2D eigenvalue weighted by atomic mass is 19.1. The summed E-state index contributed by atoms with van der Waals surface area (Å²) in [5.41, 5.74) is 7.00. The molecule has 1 aliphatic carbocycles. The summed E-state index contributed by atoms with van der Waals surface area (Å²) in [4.78, 5) is 4.72. The van der Waals surface area contributed by atoms with Crippen molar-refractivity contribution in [2.45, 2.75) is 45.4 Å². The minimum Gasteiger partial charge on any atom is -0.455 e. The molecule has 166 valence electrons. The van der Waals surface area contributed by atoms with E-state index in [9.17, 15) is 8.78 Å². The van der Waals surface area contributed by atoms with Crippen LogP contribution in [0.5, 0.6) is 0 Å². The van der Waals surface area contributed by atoms with E-state index in [2.05, 4.69) is 18.2 Å². The first-order valence-corrected chi connectivity index (χ1v) is 11.5. The van der Waals surface area contributed by atoms with Gasteiger partial charge in [0.15, 0.2) is 5.52 Å². The number of aromatic nitrogens is 2. The zero-order valence-corrected chi connectivity index (χ0v) is 19.0. The van der Waals surface area contributed by atoms with Gasteiger partial charge in [-0.2, -0.15) is 0 Å². The summed E-state index contributed by atoms with van der Waals surface area (Å²) in [6, 6.07) is 10.7. The van der Waals surface area contributed by atoms with E-state index < -0.39 is 11.6 Å². The second-order valence-corrected chi connectivity index (χ2v) is 9.40. The predicted octanol–water partition coefficient (Wildman–Crippen LogP) is 7.18. The second kappa shape index (κ2) is 7.34. The maximum atomic E-state index is 14.8. The van der Waals surface area contributed by atoms with Crippen molar-refractivity contribution in [1.82, 2.24) is 4.98 Å². The predicted molar refractivity (Wildman–Crippen MR) is 126 cm³/mol. The highest BCUT2D eigenvalue weighted by molar-refractivity contribution is 6.12. The van der Waals surface area contributed by atoms with E-state index in [1.807, 2.05) is 37.9 Å². The van der Waals surface area contributed by atoms with E-state index in [-0.39, 0.29) is 5.58 Å². The lowest BCUT2D eigenvalue weighted by atomic mass is 9.92. The third kappa shape index (κ3) is 3.05. The van der Waals surface area contributed by atoms with Crippen LogP contribution in [0.3, 0.4) is 0 Å². The van der Waals surface area contributed by atoms with Crippen molar-refractivity contribution in [3.05, 3.63) is 71.1 Å². The highest BCUT2D eigenvalue weighted by Crippen LogP contribution is 2.42. The topological polar surface area (TPSA) is 29.9 Å². The van der Waals surface area contributed by atoms with E-state index in [0.717, 1.165) is 39.4 Å². The lowest BCUT2D eigenvalue weighted by Crippen LogP contribution is -2.32. The van der Waals surface area contributed by atoms with E-state index in [1.54, 1.807) is 0 Å². The lowest BCUT2D eigenvalue weighted by molar-refractivity contribution is -0.662. The van der Waals surface area contributed by atoms with Crippen LogP contribution >= 0.6 is 0 Å². The van der Waals surface area contributed by atoms with Crippen molar-refractivity contribution >= 4 is 32.8 Å². The molecule has 5 aromatic rings. The van der Waals surface area contributed by atoms with Gasteiger partial charge in [-0.05, 0) is 72.5 Å². The Morgan fingerprint density at radius 1 is 1.00 bits per heavy atom. The molecule has 0 saturated heterocycles. The average Bonchev–Trinajstić information content (AvgIpc) is 3.43. The van der Waals surface area contributed by atoms with Crippen LogP contribution in [0.2, 0.25) is 0 Å². The third-order valence-electron chi connectivity index (χ3n) is 7.36. The Balaban J connectivity index is 1.69. The van der Waals surface area contributed by atoms with Crippen LogP contribution < -0.4 is 4.57 Å². The smallest absolute Gasteiger partial charge is 0.287 e. The number of rotatable bonds is 2. The standard InChI is InChI=1S/C28H25F2N2O/c1-15-10-21-26-22(30)12-19(29)13-24(26)33-28(21)25(16(15)2)27-20-9-8-18(17-6-4-5-7-17)11-23(20)31-14-32(27)3/h8-14,17H,4-7H2,1-3H3/q+1. The molecule has 0 N–H and O–H groups in total. The fraction of sp³-hybridized carbons (Fsp3) is 0.286. The summed E-state index contributed by atoms with van der Waals surface area (Å²) in [5.74, 6) is -0.647. The quantitative estimate of drug-likeness (QED) is 0.271. The Hall–Kier alpha value is -3.34. The number of halogens is 2. The molecule has 0 amide bonds. The van der Waals surface area contributed by atoms with E-state index in [0.29, 0.717) is 22.3 Å². The molecule has 1 aliphatic rings. The van der Waals surface area contributed by atoms with Crippen molar-refractivity contribution in [2.24, 2.45) is 7.05 Å². The number of hydrogen-bond acceptors (Lipinski definition) is 2. The van der Waals surface area contributed by atoms with Crippen molar-refractivity contribution in [3.8, 4) is 11.3 Å². The zero-order valence-electron chi connectivity index (χ0n) is 19.0. The SMILES string of the molecule is Cc1cc2c(oc3cc(F)cc(F)c32)c(-c2c3ccc(C4CCCC4)cc3nc[n+]2C)c1C. The van der Waals surface area contributed by atoms with E-state index in [4.69, 9.17) is 9.40 Å². The molecule has 33 heavy (non-hydrogen) atoms. The van der Waals surface area contributed by atoms with Gasteiger partial charge in [0, 0.05) is 17.5 Å². The summed E-state index contributed by atoms with van der Waals surface area (Å²) in [7, 11) is 1.96. The summed E-state index contributed by atoms with van der Waals surface area (Å²) in [5, 5.41) is 2.00. The number of nitrogens with zero attached hydrogens (tertiary/aromatic N) is 2. The van der Waals surface area contributed by atoms with Gasteiger partial charge in [0.2, 0.25) is 0 Å². The van der Waals surface area contributed by atoms with Crippen molar-refractivity contribution in [3.63, 3.8) is 0 Å². The molecule has 2 aromatic heterocycles. The molecular formula is C28H25F2N2O+. The monoisotopic (exact) mass is 443 g/mol. The Labute approximate surface area is 190 Å². The fourth-order valence-corrected chi connectivity index (χ4v) is 5.55. The van der Waals surface area contributed by atoms with Gasteiger partial charge < -0.3 is 4.42 Å². The average molecular weight is 444 g/mol. The molecule has 0 spiro atoms. The van der Waals surface area contributed by atoms with E-state index >= 15 is 0 Å². The van der Waals surface area contributed by atoms with Crippen molar-refractivity contribution in [1.29, 1.82) is 0 Å². The first-order chi connectivity index (χ1) is 15.9. The normalized spacial score (nSPS) is 14.8. The molecule has 1 saturated carbocycles. The van der Waals surface area contributed by atoms with E-state index in [1.165, 1.54) is 37.3 Å². The molecule has 0 bridgehead atoms. The highest BCUT2D eigenvalue weighted by Gasteiger charge is 2.26.